The second kappa shape index (κ2) is 4.91. The number of nitrogens with zero attached hydrogens (tertiary/aromatic N) is 4. The fourth-order valence-electron chi connectivity index (χ4n) is 2.42. The third-order valence-corrected chi connectivity index (χ3v) is 5.20. The number of pyridine rings is 1. The maximum Gasteiger partial charge on any atom is 0.254 e. The average molecular weight is 318 g/mol. The lowest BCUT2D eigenvalue weighted by Crippen LogP contribution is -2.09. The van der Waals surface area contributed by atoms with E-state index in [9.17, 15) is 8.42 Å². The van der Waals surface area contributed by atoms with Gasteiger partial charge in [0.2, 0.25) is 9.84 Å². The number of rotatable bonds is 5. The van der Waals surface area contributed by atoms with Gasteiger partial charge in [-0.3, -0.25) is 4.40 Å². The van der Waals surface area contributed by atoms with Gasteiger partial charge in [-0.2, -0.15) is 0 Å². The lowest BCUT2D eigenvalue weighted by molar-refractivity contribution is 0.374. The molecule has 7 nitrogen and oxygen atoms in total. The standard InChI is InChI=1S/C14H14N4O3S/c19-22(20,14-16-15-13-3-1-2-6-18(13)14)9-11-8-12(21-17-11)7-10-4-5-10/h1-3,6,8,10H,4-5,7,9H2. The first kappa shape index (κ1) is 13.4. The Labute approximate surface area is 126 Å². The first-order valence-corrected chi connectivity index (χ1v) is 8.74. The minimum atomic E-state index is -3.63. The van der Waals surface area contributed by atoms with Crippen LogP contribution in [0.15, 0.2) is 40.1 Å². The largest absolute Gasteiger partial charge is 0.361 e. The Morgan fingerprint density at radius 1 is 1.27 bits per heavy atom. The molecular formula is C14H14N4O3S. The molecule has 0 amide bonds. The molecule has 0 unspecified atom stereocenters. The summed E-state index contributed by atoms with van der Waals surface area (Å²) < 4.78 is 31.7. The Bertz CT molecular complexity index is 924. The van der Waals surface area contributed by atoms with Crippen LogP contribution in [-0.2, 0) is 22.0 Å². The Hall–Kier alpha value is -2.22. The summed E-state index contributed by atoms with van der Waals surface area (Å²) in [5, 5.41) is 11.5. The summed E-state index contributed by atoms with van der Waals surface area (Å²) >= 11 is 0. The van der Waals surface area contributed by atoms with E-state index in [4.69, 9.17) is 4.52 Å². The molecule has 22 heavy (non-hydrogen) atoms. The highest BCUT2D eigenvalue weighted by Crippen LogP contribution is 2.32. The topological polar surface area (TPSA) is 90.4 Å². The Morgan fingerprint density at radius 3 is 2.95 bits per heavy atom. The first-order valence-electron chi connectivity index (χ1n) is 7.09. The molecule has 1 aliphatic rings. The molecule has 3 aromatic heterocycles. The molecule has 0 saturated heterocycles. The van der Waals surface area contributed by atoms with Gasteiger partial charge >= 0.3 is 0 Å². The summed E-state index contributed by atoms with van der Waals surface area (Å²) in [6.07, 6.45) is 4.88. The molecule has 0 spiro atoms. The zero-order valence-corrected chi connectivity index (χ0v) is 12.5. The molecule has 0 aromatic carbocycles. The molecule has 3 aromatic rings. The molecule has 1 aliphatic carbocycles. The summed E-state index contributed by atoms with van der Waals surface area (Å²) in [5.74, 6) is 1.17. The highest BCUT2D eigenvalue weighted by atomic mass is 32.2. The number of sulfone groups is 1. The number of fused-ring (bicyclic) bond motifs is 1. The smallest absolute Gasteiger partial charge is 0.254 e. The van der Waals surface area contributed by atoms with E-state index in [-0.39, 0.29) is 10.9 Å². The number of hydrogen-bond acceptors (Lipinski definition) is 6. The number of aromatic nitrogens is 4. The van der Waals surface area contributed by atoms with Gasteiger partial charge in [0.1, 0.15) is 11.5 Å². The monoisotopic (exact) mass is 318 g/mol. The van der Waals surface area contributed by atoms with Crippen molar-refractivity contribution < 1.29 is 12.9 Å². The van der Waals surface area contributed by atoms with Crippen molar-refractivity contribution in [1.29, 1.82) is 0 Å². The van der Waals surface area contributed by atoms with Crippen LogP contribution >= 0.6 is 0 Å². The van der Waals surface area contributed by atoms with Crippen LogP contribution in [0.4, 0.5) is 0 Å². The van der Waals surface area contributed by atoms with Crippen LogP contribution in [0.1, 0.15) is 24.3 Å². The summed E-state index contributed by atoms with van der Waals surface area (Å²) in [5.41, 5.74) is 0.902. The van der Waals surface area contributed by atoms with Gasteiger partial charge in [-0.05, 0) is 30.9 Å². The van der Waals surface area contributed by atoms with Gasteiger partial charge in [0.15, 0.2) is 5.65 Å². The molecule has 0 aliphatic heterocycles. The van der Waals surface area contributed by atoms with Crippen LogP contribution in [0, 0.1) is 5.92 Å². The molecule has 114 valence electrons. The minimum Gasteiger partial charge on any atom is -0.361 e. The third-order valence-electron chi connectivity index (χ3n) is 3.69. The number of hydrogen-bond donors (Lipinski definition) is 0. The molecule has 0 bridgehead atoms. The fraction of sp³-hybridized carbons (Fsp3) is 0.357. The van der Waals surface area contributed by atoms with E-state index in [2.05, 4.69) is 15.4 Å². The average Bonchev–Trinajstić information content (AvgIpc) is 3.02. The van der Waals surface area contributed by atoms with Crippen molar-refractivity contribution in [2.24, 2.45) is 5.92 Å². The van der Waals surface area contributed by atoms with Gasteiger partial charge in [0.05, 0.1) is 5.69 Å². The van der Waals surface area contributed by atoms with Gasteiger partial charge in [-0.15, -0.1) is 10.2 Å². The maximum atomic E-state index is 12.5. The van der Waals surface area contributed by atoms with E-state index < -0.39 is 9.84 Å². The summed E-state index contributed by atoms with van der Waals surface area (Å²) in [4.78, 5) is 0. The second-order valence-electron chi connectivity index (χ2n) is 5.60. The van der Waals surface area contributed by atoms with Crippen LogP contribution in [0.25, 0.3) is 5.65 Å². The van der Waals surface area contributed by atoms with Crippen molar-refractivity contribution in [3.8, 4) is 0 Å². The molecule has 1 saturated carbocycles. The van der Waals surface area contributed by atoms with Crippen LogP contribution in [-0.4, -0.2) is 28.2 Å². The van der Waals surface area contributed by atoms with Crippen molar-refractivity contribution >= 4 is 15.5 Å². The molecule has 0 radical (unpaired) electrons. The van der Waals surface area contributed by atoms with Gasteiger partial charge in [-0.25, -0.2) is 8.42 Å². The van der Waals surface area contributed by atoms with E-state index >= 15 is 0 Å². The van der Waals surface area contributed by atoms with Gasteiger partial charge < -0.3 is 4.52 Å². The Kier molecular flexibility index (Phi) is 3.00. The van der Waals surface area contributed by atoms with Crippen molar-refractivity contribution in [2.75, 3.05) is 0 Å². The van der Waals surface area contributed by atoms with E-state index in [0.717, 1.165) is 12.2 Å². The predicted octanol–water partition coefficient (Wildman–Crippen LogP) is 1.64. The van der Waals surface area contributed by atoms with E-state index in [1.54, 1.807) is 30.5 Å². The highest BCUT2D eigenvalue weighted by molar-refractivity contribution is 7.90. The van der Waals surface area contributed by atoms with E-state index in [1.165, 1.54) is 17.2 Å². The lowest BCUT2D eigenvalue weighted by Gasteiger charge is -1.99. The van der Waals surface area contributed by atoms with Crippen molar-refractivity contribution in [3.05, 3.63) is 41.9 Å². The van der Waals surface area contributed by atoms with Crippen LogP contribution < -0.4 is 0 Å². The molecular weight excluding hydrogens is 304 g/mol. The van der Waals surface area contributed by atoms with Crippen molar-refractivity contribution in [2.45, 2.75) is 30.2 Å². The minimum absolute atomic E-state index is 0.0742. The molecule has 0 atom stereocenters. The lowest BCUT2D eigenvalue weighted by atomic mass is 10.2. The van der Waals surface area contributed by atoms with Crippen LogP contribution in [0.3, 0.4) is 0 Å². The third kappa shape index (κ3) is 2.50. The maximum absolute atomic E-state index is 12.5. The Morgan fingerprint density at radius 2 is 2.14 bits per heavy atom. The zero-order chi connectivity index (χ0) is 15.2. The first-order chi connectivity index (χ1) is 10.6. The molecule has 1 fully saturated rings. The van der Waals surface area contributed by atoms with E-state index in [1.807, 2.05) is 0 Å². The van der Waals surface area contributed by atoms with Crippen LogP contribution in [0.2, 0.25) is 0 Å². The molecule has 4 rings (SSSR count). The van der Waals surface area contributed by atoms with Gasteiger partial charge in [0, 0.05) is 18.7 Å². The Balaban J connectivity index is 1.61. The highest BCUT2D eigenvalue weighted by Gasteiger charge is 2.26. The SMILES string of the molecule is O=S(=O)(Cc1cc(CC2CC2)on1)c1nnc2ccccn12. The summed E-state index contributed by atoms with van der Waals surface area (Å²) in [6.45, 7) is 0. The quantitative estimate of drug-likeness (QED) is 0.710. The summed E-state index contributed by atoms with van der Waals surface area (Å²) in [6, 6.07) is 6.94. The van der Waals surface area contributed by atoms with Crippen LogP contribution in [0.5, 0.6) is 0 Å². The zero-order valence-electron chi connectivity index (χ0n) is 11.7. The van der Waals surface area contributed by atoms with Crippen molar-refractivity contribution in [3.63, 3.8) is 0 Å². The van der Waals surface area contributed by atoms with Gasteiger partial charge in [0.25, 0.3) is 5.16 Å². The molecule has 3 heterocycles. The predicted molar refractivity (Wildman–Crippen MR) is 76.8 cm³/mol. The van der Waals surface area contributed by atoms with Crippen molar-refractivity contribution in [1.82, 2.24) is 19.8 Å². The van der Waals surface area contributed by atoms with Gasteiger partial charge in [-0.1, -0.05) is 11.2 Å². The molecule has 8 heteroatoms. The van der Waals surface area contributed by atoms with E-state index in [0.29, 0.717) is 17.3 Å². The normalized spacial score (nSPS) is 15.5. The summed E-state index contributed by atoms with van der Waals surface area (Å²) in [7, 11) is -3.63. The fourth-order valence-corrected chi connectivity index (χ4v) is 3.69. The second-order valence-corrected chi connectivity index (χ2v) is 7.49. The molecule has 0 N–H and O–H groups in total.